The number of thiophene rings is 1. The lowest BCUT2D eigenvalue weighted by molar-refractivity contribution is 0.0607. The highest BCUT2D eigenvalue weighted by molar-refractivity contribution is 8.14. The first kappa shape index (κ1) is 11.3. The van der Waals surface area contributed by atoms with Gasteiger partial charge in [0, 0.05) is 10.7 Å². The topological polar surface area (TPSA) is 72.5 Å². The van der Waals surface area contributed by atoms with Gasteiger partial charge in [0.1, 0.15) is 4.88 Å². The van der Waals surface area contributed by atoms with E-state index >= 15 is 0 Å². The number of ether oxygens (including phenoxy) is 1. The normalized spacial score (nSPS) is 11.0. The maximum Gasteiger partial charge on any atom is 0.350 e. The molecule has 0 saturated carbocycles. The maximum absolute atomic E-state index is 11.1. The molecule has 78 valence electrons. The summed E-state index contributed by atoms with van der Waals surface area (Å²) in [6.07, 6.45) is 0. The molecule has 0 amide bonds. The molecule has 0 fully saturated rings. The van der Waals surface area contributed by atoms with E-state index in [1.807, 2.05) is 4.72 Å². The Morgan fingerprint density at radius 3 is 2.79 bits per heavy atom. The average Bonchev–Trinajstić information content (AvgIpc) is 2.48. The Labute approximate surface area is 89.2 Å². The quantitative estimate of drug-likeness (QED) is 0.655. The van der Waals surface area contributed by atoms with Crippen LogP contribution in [0, 0.1) is 0 Å². The van der Waals surface area contributed by atoms with Gasteiger partial charge < -0.3 is 4.74 Å². The van der Waals surface area contributed by atoms with Crippen LogP contribution in [0.4, 0.5) is 5.69 Å². The van der Waals surface area contributed by atoms with Crippen LogP contribution in [0.2, 0.25) is 0 Å². The summed E-state index contributed by atoms with van der Waals surface area (Å²) >= 11 is 1.06. The molecule has 0 spiro atoms. The molecule has 14 heavy (non-hydrogen) atoms. The minimum Gasteiger partial charge on any atom is -0.465 e. The van der Waals surface area contributed by atoms with E-state index in [2.05, 4.69) is 4.74 Å². The van der Waals surface area contributed by atoms with Crippen molar-refractivity contribution in [3.63, 3.8) is 0 Å². The molecule has 0 aliphatic carbocycles. The van der Waals surface area contributed by atoms with Gasteiger partial charge in [-0.25, -0.2) is 4.79 Å². The van der Waals surface area contributed by atoms with E-state index in [1.165, 1.54) is 13.2 Å². The summed E-state index contributed by atoms with van der Waals surface area (Å²) in [5, 5.41) is 1.55. The first-order chi connectivity index (χ1) is 6.44. The van der Waals surface area contributed by atoms with Crippen LogP contribution in [-0.2, 0) is 14.0 Å². The molecule has 0 radical (unpaired) electrons. The molecule has 1 aromatic rings. The van der Waals surface area contributed by atoms with Crippen LogP contribution in [0.15, 0.2) is 11.4 Å². The Morgan fingerprint density at radius 1 is 1.64 bits per heavy atom. The lowest BCUT2D eigenvalue weighted by Gasteiger charge is -2.01. The number of hydrogen-bond acceptors (Lipinski definition) is 5. The third kappa shape index (κ3) is 2.86. The largest absolute Gasteiger partial charge is 0.465 e. The van der Waals surface area contributed by atoms with Crippen LogP contribution in [0.5, 0.6) is 0 Å². The van der Waals surface area contributed by atoms with Gasteiger partial charge in [-0.2, -0.15) is 8.42 Å². The average molecular weight is 256 g/mol. The van der Waals surface area contributed by atoms with E-state index in [0.717, 1.165) is 11.3 Å². The number of hydrogen-bond donors (Lipinski definition) is 1. The molecule has 1 N–H and O–H groups in total. The highest BCUT2D eigenvalue weighted by atomic mass is 35.7. The second kappa shape index (κ2) is 4.16. The summed E-state index contributed by atoms with van der Waals surface area (Å²) < 4.78 is 27.8. The number of nitrogens with one attached hydrogen (secondary N) is 1. The molecule has 1 rings (SSSR count). The number of halogens is 1. The Kier molecular flexibility index (Phi) is 3.35. The molecule has 1 heterocycles. The molecule has 5 nitrogen and oxygen atoms in total. The van der Waals surface area contributed by atoms with Crippen molar-refractivity contribution in [2.45, 2.75) is 0 Å². The van der Waals surface area contributed by atoms with Gasteiger partial charge in [0.15, 0.2) is 0 Å². The summed E-state index contributed by atoms with van der Waals surface area (Å²) in [7, 11) is 2.28. The maximum atomic E-state index is 11.1. The van der Waals surface area contributed by atoms with E-state index in [1.54, 1.807) is 5.38 Å². The predicted molar refractivity (Wildman–Crippen MR) is 54.1 cm³/mol. The SMILES string of the molecule is COC(=O)c1sccc1NS(=O)(=O)Cl. The highest BCUT2D eigenvalue weighted by Gasteiger charge is 2.16. The van der Waals surface area contributed by atoms with Crippen LogP contribution in [0.1, 0.15) is 9.67 Å². The van der Waals surface area contributed by atoms with Gasteiger partial charge in [-0.1, -0.05) is 0 Å². The third-order valence-electron chi connectivity index (χ3n) is 1.27. The molecule has 0 aromatic carbocycles. The zero-order valence-electron chi connectivity index (χ0n) is 6.98. The Morgan fingerprint density at radius 2 is 2.29 bits per heavy atom. The molecule has 1 aromatic heterocycles. The third-order valence-corrected chi connectivity index (χ3v) is 2.86. The summed E-state index contributed by atoms with van der Waals surface area (Å²) in [5.74, 6) is -0.609. The molecule has 0 unspecified atom stereocenters. The Balaban J connectivity index is 3.00. The lowest BCUT2D eigenvalue weighted by atomic mass is 10.4. The molecular formula is C6H6ClNO4S2. The summed E-state index contributed by atoms with van der Waals surface area (Å²) in [4.78, 5) is 11.3. The molecule has 0 atom stereocenters. The monoisotopic (exact) mass is 255 g/mol. The zero-order valence-corrected chi connectivity index (χ0v) is 9.37. The molecular weight excluding hydrogens is 250 g/mol. The fourth-order valence-corrected chi connectivity index (χ4v) is 2.28. The van der Waals surface area contributed by atoms with Crippen molar-refractivity contribution >= 4 is 42.9 Å². The van der Waals surface area contributed by atoms with E-state index in [-0.39, 0.29) is 10.6 Å². The summed E-state index contributed by atoms with van der Waals surface area (Å²) in [6, 6.07) is 1.43. The van der Waals surface area contributed by atoms with Crippen LogP contribution in [-0.4, -0.2) is 21.5 Å². The Hall–Kier alpha value is -0.790. The van der Waals surface area contributed by atoms with Gasteiger partial charge in [0.25, 0.3) is 0 Å². The van der Waals surface area contributed by atoms with Crippen molar-refractivity contribution < 1.29 is 17.9 Å². The number of carbonyl (C=O) groups is 1. The molecule has 0 aliphatic heterocycles. The Bertz CT molecular complexity index is 438. The van der Waals surface area contributed by atoms with Crippen molar-refractivity contribution in [3.8, 4) is 0 Å². The predicted octanol–water partition coefficient (Wildman–Crippen LogP) is 1.43. The van der Waals surface area contributed by atoms with Gasteiger partial charge in [0.2, 0.25) is 0 Å². The highest BCUT2D eigenvalue weighted by Crippen LogP contribution is 2.24. The first-order valence-electron chi connectivity index (χ1n) is 3.32. The number of esters is 1. The molecule has 0 bridgehead atoms. The smallest absolute Gasteiger partial charge is 0.350 e. The van der Waals surface area contributed by atoms with Crippen molar-refractivity contribution in [1.82, 2.24) is 0 Å². The van der Waals surface area contributed by atoms with Gasteiger partial charge >= 0.3 is 15.2 Å². The molecule has 8 heteroatoms. The van der Waals surface area contributed by atoms with E-state index < -0.39 is 15.2 Å². The fourth-order valence-electron chi connectivity index (χ4n) is 0.772. The van der Waals surface area contributed by atoms with Crippen molar-refractivity contribution in [1.29, 1.82) is 0 Å². The first-order valence-corrected chi connectivity index (χ1v) is 6.51. The second-order valence-corrected chi connectivity index (χ2v) is 5.41. The molecule has 0 saturated heterocycles. The van der Waals surface area contributed by atoms with Crippen molar-refractivity contribution in [2.75, 3.05) is 11.8 Å². The van der Waals surface area contributed by atoms with Crippen LogP contribution < -0.4 is 4.72 Å². The number of rotatable bonds is 3. The number of carbonyl (C=O) groups excluding carboxylic acids is 1. The van der Waals surface area contributed by atoms with E-state index in [4.69, 9.17) is 10.7 Å². The minimum absolute atomic E-state index is 0.122. The van der Waals surface area contributed by atoms with E-state index in [9.17, 15) is 13.2 Å². The minimum atomic E-state index is -3.89. The summed E-state index contributed by atoms with van der Waals surface area (Å²) in [5.41, 5.74) is 0.122. The second-order valence-electron chi connectivity index (χ2n) is 2.19. The standard InChI is InChI=1S/C6H6ClNO4S2/c1-12-6(9)5-4(2-3-13-5)8-14(7,10)11/h2-3,8H,1H3. The zero-order chi connectivity index (χ0) is 10.8. The fraction of sp³-hybridized carbons (Fsp3) is 0.167. The van der Waals surface area contributed by atoms with Crippen LogP contribution in [0.25, 0.3) is 0 Å². The number of anilines is 1. The van der Waals surface area contributed by atoms with Crippen molar-refractivity contribution in [2.24, 2.45) is 0 Å². The number of methoxy groups -OCH3 is 1. The van der Waals surface area contributed by atoms with E-state index in [0.29, 0.717) is 0 Å². The lowest BCUT2D eigenvalue weighted by Crippen LogP contribution is -2.08. The van der Waals surface area contributed by atoms with Gasteiger partial charge in [-0.15, -0.1) is 11.3 Å². The molecule has 0 aliphatic rings. The van der Waals surface area contributed by atoms with Crippen molar-refractivity contribution in [3.05, 3.63) is 16.3 Å². The van der Waals surface area contributed by atoms with Gasteiger partial charge in [-0.3, -0.25) is 4.72 Å². The van der Waals surface area contributed by atoms with Crippen LogP contribution >= 0.6 is 22.0 Å². The van der Waals surface area contributed by atoms with Gasteiger partial charge in [-0.05, 0) is 11.4 Å². The summed E-state index contributed by atoms with van der Waals surface area (Å²) in [6.45, 7) is 0. The van der Waals surface area contributed by atoms with Gasteiger partial charge in [0.05, 0.1) is 12.8 Å². The van der Waals surface area contributed by atoms with Crippen LogP contribution in [0.3, 0.4) is 0 Å².